The summed E-state index contributed by atoms with van der Waals surface area (Å²) in [6, 6.07) is 2.60. The maximum Gasteiger partial charge on any atom is 0.311 e. The number of fused-ring (bicyclic) bond motifs is 1. The van der Waals surface area contributed by atoms with E-state index in [0.29, 0.717) is 6.42 Å². The van der Waals surface area contributed by atoms with E-state index in [0.717, 1.165) is 12.8 Å². The summed E-state index contributed by atoms with van der Waals surface area (Å²) < 4.78 is 32.1. The van der Waals surface area contributed by atoms with Gasteiger partial charge >= 0.3 is 5.97 Å². The Morgan fingerprint density at radius 2 is 2.08 bits per heavy atom. The summed E-state index contributed by atoms with van der Waals surface area (Å²) in [5.41, 5.74) is -0.990. The van der Waals surface area contributed by atoms with Gasteiger partial charge in [0.2, 0.25) is 10.0 Å². The molecule has 2 atom stereocenters. The first-order chi connectivity index (χ1) is 11.2. The minimum Gasteiger partial charge on any atom is -0.495 e. The number of sulfonamides is 1. The van der Waals surface area contributed by atoms with Crippen molar-refractivity contribution < 1.29 is 23.1 Å². The van der Waals surface area contributed by atoms with Gasteiger partial charge in [0, 0.05) is 19.2 Å². The normalized spacial score (nSPS) is 27.2. The summed E-state index contributed by atoms with van der Waals surface area (Å²) in [6.07, 6.45) is 2.02. The van der Waals surface area contributed by atoms with Crippen LogP contribution in [0.15, 0.2) is 17.0 Å². The van der Waals surface area contributed by atoms with Crippen LogP contribution in [-0.2, 0) is 14.8 Å². The molecule has 0 bridgehead atoms. The van der Waals surface area contributed by atoms with Crippen LogP contribution in [0.2, 0.25) is 10.0 Å². The molecule has 1 aromatic rings. The van der Waals surface area contributed by atoms with E-state index in [-0.39, 0.29) is 39.7 Å². The minimum absolute atomic E-state index is 0.00214. The van der Waals surface area contributed by atoms with Crippen LogP contribution >= 0.6 is 23.2 Å². The van der Waals surface area contributed by atoms with Crippen molar-refractivity contribution in [1.29, 1.82) is 0 Å². The highest BCUT2D eigenvalue weighted by Crippen LogP contribution is 2.50. The molecule has 9 heteroatoms. The van der Waals surface area contributed by atoms with Gasteiger partial charge in [0.25, 0.3) is 0 Å². The third-order valence-electron chi connectivity index (χ3n) is 5.09. The number of carboxylic acids is 1. The molecule has 3 rings (SSSR count). The van der Waals surface area contributed by atoms with Crippen LogP contribution in [0.5, 0.6) is 5.75 Å². The van der Waals surface area contributed by atoms with Crippen molar-refractivity contribution in [1.82, 2.24) is 4.31 Å². The number of carboxylic acid groups (broad SMARTS) is 1. The van der Waals surface area contributed by atoms with E-state index in [2.05, 4.69) is 0 Å². The molecule has 2 aliphatic rings. The molecule has 6 nitrogen and oxygen atoms in total. The fourth-order valence-corrected chi connectivity index (χ4v) is 6.16. The summed E-state index contributed by atoms with van der Waals surface area (Å²) in [5.74, 6) is -0.820. The number of ether oxygens (including phenoxy) is 1. The maximum absolute atomic E-state index is 13.0. The number of benzene rings is 1. The molecule has 0 aromatic heterocycles. The maximum atomic E-state index is 13.0. The Bertz CT molecular complexity index is 797. The largest absolute Gasteiger partial charge is 0.495 e. The van der Waals surface area contributed by atoms with Crippen molar-refractivity contribution in [3.8, 4) is 5.75 Å². The Morgan fingerprint density at radius 3 is 2.67 bits per heavy atom. The first-order valence-electron chi connectivity index (χ1n) is 7.49. The van der Waals surface area contributed by atoms with E-state index in [4.69, 9.17) is 27.9 Å². The first-order valence-corrected chi connectivity index (χ1v) is 9.68. The van der Waals surface area contributed by atoms with Crippen LogP contribution in [0, 0.1) is 11.3 Å². The first kappa shape index (κ1) is 17.8. The number of rotatable bonds is 4. The standard InChI is InChI=1S/C15H17Cl2NO5S/c1-23-12-5-11(17)13(6-10(12)16)24(21,22)18-7-9-3-2-4-15(9,8-18)14(19)20/h5-6,9H,2-4,7-8H2,1H3,(H,19,20)/t9-,15+/m0/s1. The lowest BCUT2D eigenvalue weighted by Crippen LogP contribution is -2.37. The summed E-state index contributed by atoms with van der Waals surface area (Å²) in [6.45, 7) is 0.157. The smallest absolute Gasteiger partial charge is 0.311 e. The average Bonchev–Trinajstić information content (AvgIpc) is 3.07. The molecule has 1 heterocycles. The second-order valence-corrected chi connectivity index (χ2v) is 8.99. The second-order valence-electron chi connectivity index (χ2n) is 6.27. The topological polar surface area (TPSA) is 83.9 Å². The lowest BCUT2D eigenvalue weighted by atomic mass is 9.81. The second kappa shape index (κ2) is 6.05. The predicted molar refractivity (Wildman–Crippen MR) is 89.2 cm³/mol. The molecule has 132 valence electrons. The average molecular weight is 394 g/mol. The van der Waals surface area contributed by atoms with Crippen molar-refractivity contribution >= 4 is 39.2 Å². The van der Waals surface area contributed by atoms with E-state index in [1.54, 1.807) is 0 Å². The van der Waals surface area contributed by atoms with Crippen molar-refractivity contribution in [2.45, 2.75) is 24.2 Å². The van der Waals surface area contributed by atoms with Gasteiger partial charge in [-0.15, -0.1) is 0 Å². The number of halogens is 2. The third-order valence-corrected chi connectivity index (χ3v) is 7.66. The van der Waals surface area contributed by atoms with Crippen molar-refractivity contribution in [3.05, 3.63) is 22.2 Å². The molecule has 1 aliphatic heterocycles. The zero-order valence-electron chi connectivity index (χ0n) is 13.0. The minimum atomic E-state index is -3.93. The lowest BCUT2D eigenvalue weighted by Gasteiger charge is -2.23. The number of hydrogen-bond acceptors (Lipinski definition) is 4. The monoisotopic (exact) mass is 393 g/mol. The quantitative estimate of drug-likeness (QED) is 0.849. The fraction of sp³-hybridized carbons (Fsp3) is 0.533. The molecule has 24 heavy (non-hydrogen) atoms. The highest BCUT2D eigenvalue weighted by atomic mass is 35.5. The van der Waals surface area contributed by atoms with E-state index < -0.39 is 21.4 Å². The molecule has 1 aromatic carbocycles. The van der Waals surface area contributed by atoms with Gasteiger partial charge in [-0.2, -0.15) is 4.31 Å². The Labute approximate surface area is 150 Å². The van der Waals surface area contributed by atoms with Crippen molar-refractivity contribution in [2.24, 2.45) is 11.3 Å². The third kappa shape index (κ3) is 2.58. The number of hydrogen-bond donors (Lipinski definition) is 1. The molecular weight excluding hydrogens is 377 g/mol. The zero-order valence-corrected chi connectivity index (χ0v) is 15.3. The molecule has 0 amide bonds. The molecule has 1 N–H and O–H groups in total. The Balaban J connectivity index is 1.99. The number of carbonyl (C=O) groups is 1. The van der Waals surface area contributed by atoms with Gasteiger partial charge in [0.15, 0.2) is 0 Å². The number of methoxy groups -OCH3 is 1. The van der Waals surface area contributed by atoms with Gasteiger partial charge in [-0.1, -0.05) is 29.6 Å². The molecule has 0 spiro atoms. The predicted octanol–water partition coefficient (Wildman–Crippen LogP) is 2.88. The SMILES string of the molecule is COc1cc(Cl)c(S(=O)(=O)N2C[C@@H]3CCC[C@@]3(C(=O)O)C2)cc1Cl. The Morgan fingerprint density at radius 1 is 1.38 bits per heavy atom. The van der Waals surface area contributed by atoms with Crippen LogP contribution in [0.1, 0.15) is 19.3 Å². The Hall–Kier alpha value is -1.02. The summed E-state index contributed by atoms with van der Waals surface area (Å²) in [7, 11) is -2.53. The zero-order chi connectivity index (χ0) is 17.7. The summed E-state index contributed by atoms with van der Waals surface area (Å²) in [5, 5.41) is 9.74. The van der Waals surface area contributed by atoms with E-state index in [9.17, 15) is 18.3 Å². The van der Waals surface area contributed by atoms with Crippen LogP contribution in [0.3, 0.4) is 0 Å². The Kier molecular flexibility index (Phi) is 4.49. The summed E-state index contributed by atoms with van der Waals surface area (Å²) in [4.78, 5) is 11.6. The van der Waals surface area contributed by atoms with Gasteiger partial charge in [-0.05, 0) is 24.8 Å². The van der Waals surface area contributed by atoms with Crippen LogP contribution in [0.25, 0.3) is 0 Å². The van der Waals surface area contributed by atoms with Gasteiger partial charge in [0.1, 0.15) is 10.6 Å². The molecule has 1 saturated carbocycles. The fourth-order valence-electron chi connectivity index (χ4n) is 3.78. The van der Waals surface area contributed by atoms with Crippen LogP contribution in [-0.4, -0.2) is 44.0 Å². The van der Waals surface area contributed by atoms with Crippen molar-refractivity contribution in [3.63, 3.8) is 0 Å². The molecule has 1 aliphatic carbocycles. The van der Waals surface area contributed by atoms with E-state index in [1.807, 2.05) is 0 Å². The van der Waals surface area contributed by atoms with Gasteiger partial charge in [0.05, 0.1) is 22.6 Å². The van der Waals surface area contributed by atoms with Gasteiger partial charge in [-0.3, -0.25) is 4.79 Å². The number of aliphatic carboxylic acids is 1. The van der Waals surface area contributed by atoms with Crippen molar-refractivity contribution in [2.75, 3.05) is 20.2 Å². The molecular formula is C15H17Cl2NO5S. The van der Waals surface area contributed by atoms with E-state index >= 15 is 0 Å². The lowest BCUT2D eigenvalue weighted by molar-refractivity contribution is -0.149. The summed E-state index contributed by atoms with van der Waals surface area (Å²) >= 11 is 12.1. The molecule has 0 unspecified atom stereocenters. The number of nitrogens with zero attached hydrogens (tertiary/aromatic N) is 1. The highest BCUT2D eigenvalue weighted by molar-refractivity contribution is 7.89. The van der Waals surface area contributed by atoms with Gasteiger partial charge in [-0.25, -0.2) is 8.42 Å². The molecule has 0 radical (unpaired) electrons. The molecule has 1 saturated heterocycles. The van der Waals surface area contributed by atoms with Gasteiger partial charge < -0.3 is 9.84 Å². The van der Waals surface area contributed by atoms with E-state index in [1.165, 1.54) is 23.5 Å². The van der Waals surface area contributed by atoms with Crippen LogP contribution < -0.4 is 4.74 Å². The van der Waals surface area contributed by atoms with Crippen LogP contribution in [0.4, 0.5) is 0 Å². The highest BCUT2D eigenvalue weighted by Gasteiger charge is 2.57. The molecule has 2 fully saturated rings.